The summed E-state index contributed by atoms with van der Waals surface area (Å²) in [6, 6.07) is 9.87. The van der Waals surface area contributed by atoms with E-state index in [1.54, 1.807) is 12.0 Å². The second-order valence-electron chi connectivity index (χ2n) is 9.74. The second-order valence-corrected chi connectivity index (χ2v) is 10.8. The molecule has 0 spiro atoms. The van der Waals surface area contributed by atoms with Gasteiger partial charge in [0, 0.05) is 62.3 Å². The number of carbonyl (C=O) groups is 2. The first-order valence-electron chi connectivity index (χ1n) is 13.0. The summed E-state index contributed by atoms with van der Waals surface area (Å²) in [7, 11) is 3.12. The van der Waals surface area contributed by atoms with Crippen LogP contribution < -0.4 is 15.0 Å². The number of aromatic nitrogens is 4. The van der Waals surface area contributed by atoms with Crippen molar-refractivity contribution in [3.8, 4) is 5.75 Å². The molecule has 12 heteroatoms. The highest BCUT2D eigenvalue weighted by Crippen LogP contribution is 2.38. The molecule has 0 bridgehead atoms. The van der Waals surface area contributed by atoms with Gasteiger partial charge in [0.1, 0.15) is 12.4 Å². The molecule has 2 aromatic heterocycles. The Hall–Kier alpha value is -3.64. The topological polar surface area (TPSA) is 126 Å². The van der Waals surface area contributed by atoms with Crippen LogP contribution in [-0.2, 0) is 20.7 Å². The molecule has 0 unspecified atom stereocenters. The van der Waals surface area contributed by atoms with E-state index in [0.29, 0.717) is 66.7 Å². The fraction of sp³-hybridized carbons (Fsp3) is 0.444. The zero-order valence-corrected chi connectivity index (χ0v) is 23.2. The van der Waals surface area contributed by atoms with Gasteiger partial charge in [-0.25, -0.2) is 9.97 Å². The molecule has 39 heavy (non-hydrogen) atoms. The summed E-state index contributed by atoms with van der Waals surface area (Å²) in [4.78, 5) is 39.0. The number of hydrogen-bond acceptors (Lipinski definition) is 10. The molecule has 1 amide bonds. The predicted molar refractivity (Wildman–Crippen MR) is 148 cm³/mol. The van der Waals surface area contributed by atoms with Gasteiger partial charge >= 0.3 is 0 Å². The van der Waals surface area contributed by atoms with Crippen LogP contribution in [0.2, 0.25) is 0 Å². The van der Waals surface area contributed by atoms with E-state index in [1.807, 2.05) is 37.3 Å². The standard InChI is InChI=1S/C27H33N7O4S/c1-17-14-22(32-31-17)28-25-24(38-3)26(34-12-10-33(11-13-34)23(36)16-37-2)30-27(29-25)39-20-8-4-18(5-9-20)15-21(35)19-6-7-19/h4-5,8-9,14,19H,6-7,10-13,15-16H2,1-3H3,(H2,28,29,30,31,32). The average molecular weight is 552 g/mol. The van der Waals surface area contributed by atoms with E-state index in [4.69, 9.17) is 19.4 Å². The van der Waals surface area contributed by atoms with Crippen LogP contribution in [0.1, 0.15) is 24.1 Å². The molecular formula is C27H33N7O4S. The first-order valence-corrected chi connectivity index (χ1v) is 13.8. The van der Waals surface area contributed by atoms with Crippen molar-refractivity contribution in [2.24, 2.45) is 5.92 Å². The van der Waals surface area contributed by atoms with E-state index in [-0.39, 0.29) is 18.4 Å². The van der Waals surface area contributed by atoms with Crippen molar-refractivity contribution in [1.29, 1.82) is 0 Å². The fourth-order valence-electron chi connectivity index (χ4n) is 4.47. The van der Waals surface area contributed by atoms with Crippen molar-refractivity contribution in [2.75, 3.05) is 57.2 Å². The molecule has 1 aliphatic heterocycles. The van der Waals surface area contributed by atoms with Gasteiger partial charge < -0.3 is 24.6 Å². The summed E-state index contributed by atoms with van der Waals surface area (Å²) in [5.74, 6) is 2.83. The highest BCUT2D eigenvalue weighted by molar-refractivity contribution is 7.99. The zero-order valence-electron chi connectivity index (χ0n) is 22.4. The van der Waals surface area contributed by atoms with Gasteiger partial charge in [-0.15, -0.1) is 0 Å². The highest BCUT2D eigenvalue weighted by Gasteiger charge is 2.29. The van der Waals surface area contributed by atoms with Gasteiger partial charge in [-0.3, -0.25) is 14.7 Å². The highest BCUT2D eigenvalue weighted by atomic mass is 32.2. The molecule has 0 atom stereocenters. The van der Waals surface area contributed by atoms with Gasteiger partial charge in [0.05, 0.1) is 7.11 Å². The first kappa shape index (κ1) is 26.9. The number of methoxy groups -OCH3 is 2. The number of rotatable bonds is 11. The summed E-state index contributed by atoms with van der Waals surface area (Å²) in [5.41, 5.74) is 1.93. The molecular weight excluding hydrogens is 518 g/mol. The number of amides is 1. The van der Waals surface area contributed by atoms with Gasteiger partial charge in [0.15, 0.2) is 22.6 Å². The lowest BCUT2D eigenvalue weighted by molar-refractivity contribution is -0.135. The lowest BCUT2D eigenvalue weighted by Gasteiger charge is -2.36. The molecule has 3 heterocycles. The molecule has 11 nitrogen and oxygen atoms in total. The van der Waals surface area contributed by atoms with E-state index >= 15 is 0 Å². The maximum atomic E-state index is 12.3. The number of hydrogen-bond donors (Lipinski definition) is 2. The molecule has 5 rings (SSSR count). The Morgan fingerprint density at radius 1 is 1.10 bits per heavy atom. The molecule has 206 valence electrons. The number of piperazine rings is 1. The lowest BCUT2D eigenvalue weighted by Crippen LogP contribution is -2.50. The number of Topliss-reactive ketones (excluding diaryl/α,β-unsaturated/α-hetero) is 1. The molecule has 2 fully saturated rings. The van der Waals surface area contributed by atoms with Crippen LogP contribution in [-0.4, -0.2) is 83.8 Å². The van der Waals surface area contributed by atoms with Crippen LogP contribution in [0.15, 0.2) is 40.4 Å². The molecule has 1 saturated carbocycles. The Balaban J connectivity index is 1.39. The van der Waals surface area contributed by atoms with Gasteiger partial charge in [0.25, 0.3) is 0 Å². The van der Waals surface area contributed by atoms with Crippen molar-refractivity contribution < 1.29 is 19.1 Å². The first-order chi connectivity index (χ1) is 18.9. The quantitative estimate of drug-likeness (QED) is 0.343. The molecule has 1 saturated heterocycles. The van der Waals surface area contributed by atoms with E-state index in [2.05, 4.69) is 20.4 Å². The number of ketones is 1. The normalized spacial score (nSPS) is 15.4. The zero-order chi connectivity index (χ0) is 27.4. The molecule has 2 aliphatic rings. The Kier molecular flexibility index (Phi) is 8.32. The summed E-state index contributed by atoms with van der Waals surface area (Å²) in [5, 5.41) is 11.0. The van der Waals surface area contributed by atoms with Gasteiger partial charge in [-0.05, 0) is 49.2 Å². The van der Waals surface area contributed by atoms with E-state index < -0.39 is 0 Å². The Morgan fingerprint density at radius 3 is 2.46 bits per heavy atom. The molecule has 0 radical (unpaired) electrons. The van der Waals surface area contributed by atoms with Crippen molar-refractivity contribution in [3.05, 3.63) is 41.6 Å². The van der Waals surface area contributed by atoms with Crippen molar-refractivity contribution in [3.63, 3.8) is 0 Å². The lowest BCUT2D eigenvalue weighted by atomic mass is 10.1. The van der Waals surface area contributed by atoms with Gasteiger partial charge in [0.2, 0.25) is 11.7 Å². The maximum Gasteiger partial charge on any atom is 0.248 e. The number of nitrogens with zero attached hydrogens (tertiary/aromatic N) is 5. The van der Waals surface area contributed by atoms with Crippen molar-refractivity contribution in [1.82, 2.24) is 25.1 Å². The third-order valence-electron chi connectivity index (χ3n) is 6.73. The number of anilines is 3. The van der Waals surface area contributed by atoms with E-state index in [1.165, 1.54) is 18.9 Å². The SMILES string of the molecule is COCC(=O)N1CCN(c2nc(Sc3ccc(CC(=O)C4CC4)cc3)nc(Nc3cc(C)[nH]n3)c2OC)CC1. The van der Waals surface area contributed by atoms with Crippen LogP contribution in [0.25, 0.3) is 0 Å². The average Bonchev–Trinajstić information content (AvgIpc) is 3.72. The number of H-pyrrole nitrogens is 1. The van der Waals surface area contributed by atoms with Crippen LogP contribution >= 0.6 is 11.8 Å². The summed E-state index contributed by atoms with van der Waals surface area (Å²) < 4.78 is 10.8. The Bertz CT molecular complexity index is 1320. The van der Waals surface area contributed by atoms with E-state index in [0.717, 1.165) is 29.0 Å². The molecule has 2 N–H and O–H groups in total. The van der Waals surface area contributed by atoms with Crippen molar-refractivity contribution in [2.45, 2.75) is 36.2 Å². The minimum Gasteiger partial charge on any atom is -0.490 e. The van der Waals surface area contributed by atoms with Gasteiger partial charge in [-0.1, -0.05) is 12.1 Å². The Labute approximate surface area is 231 Å². The van der Waals surface area contributed by atoms with Crippen LogP contribution in [0.5, 0.6) is 5.75 Å². The number of nitrogens with one attached hydrogen (secondary N) is 2. The van der Waals surface area contributed by atoms with Gasteiger partial charge in [-0.2, -0.15) is 5.10 Å². The minimum absolute atomic E-state index is 0.0263. The summed E-state index contributed by atoms with van der Waals surface area (Å²) in [6.45, 7) is 4.30. The minimum atomic E-state index is -0.0263. The number of ether oxygens (including phenoxy) is 2. The Morgan fingerprint density at radius 2 is 1.85 bits per heavy atom. The fourth-order valence-corrected chi connectivity index (χ4v) is 5.22. The van der Waals surface area contributed by atoms with E-state index in [9.17, 15) is 9.59 Å². The monoisotopic (exact) mass is 551 g/mol. The molecule has 3 aromatic rings. The number of aryl methyl sites for hydroxylation is 1. The predicted octanol–water partition coefficient (Wildman–Crippen LogP) is 3.23. The van der Waals surface area contributed by atoms with Crippen molar-refractivity contribution >= 4 is 40.9 Å². The number of benzene rings is 1. The summed E-state index contributed by atoms with van der Waals surface area (Å²) >= 11 is 1.43. The largest absolute Gasteiger partial charge is 0.490 e. The van der Waals surface area contributed by atoms with Crippen LogP contribution in [0, 0.1) is 12.8 Å². The third-order valence-corrected chi connectivity index (χ3v) is 7.60. The maximum absolute atomic E-state index is 12.3. The van der Waals surface area contributed by atoms with Crippen LogP contribution in [0.3, 0.4) is 0 Å². The number of aromatic amines is 1. The third kappa shape index (κ3) is 6.69. The smallest absolute Gasteiger partial charge is 0.248 e. The summed E-state index contributed by atoms with van der Waals surface area (Å²) in [6.07, 6.45) is 2.53. The van der Waals surface area contributed by atoms with Crippen LogP contribution in [0.4, 0.5) is 17.5 Å². The number of carbonyl (C=O) groups excluding carboxylic acids is 2. The molecule has 1 aliphatic carbocycles. The molecule has 1 aromatic carbocycles. The second kappa shape index (κ2) is 12.0.